The van der Waals surface area contributed by atoms with Gasteiger partial charge >= 0.3 is 0 Å². The van der Waals surface area contributed by atoms with Crippen LogP contribution in [0.25, 0.3) is 0 Å². The van der Waals surface area contributed by atoms with Crippen molar-refractivity contribution in [3.8, 4) is 0 Å². The van der Waals surface area contributed by atoms with E-state index < -0.39 is 0 Å². The Morgan fingerprint density at radius 2 is 2.12 bits per heavy atom. The number of imidazole rings is 1. The first-order valence-electron chi connectivity index (χ1n) is 6.46. The number of hydrogen-bond acceptors (Lipinski definition) is 2. The molecule has 92 valence electrons. The van der Waals surface area contributed by atoms with E-state index in [4.69, 9.17) is 0 Å². The van der Waals surface area contributed by atoms with Gasteiger partial charge in [-0.25, -0.2) is 4.98 Å². The van der Waals surface area contributed by atoms with Crippen molar-refractivity contribution >= 4 is 0 Å². The normalized spacial score (nSPS) is 12.9. The molecule has 1 heterocycles. The van der Waals surface area contributed by atoms with Crippen molar-refractivity contribution in [1.29, 1.82) is 0 Å². The average molecular weight is 223 g/mol. The fraction of sp³-hybridized carbons (Fsp3) is 0.769. The number of nitrogens with zero attached hydrogens (tertiary/aromatic N) is 2. The highest BCUT2D eigenvalue weighted by Gasteiger charge is 2.07. The van der Waals surface area contributed by atoms with Crippen LogP contribution >= 0.6 is 0 Å². The van der Waals surface area contributed by atoms with Crippen LogP contribution in [0.2, 0.25) is 0 Å². The Balaban J connectivity index is 2.34. The van der Waals surface area contributed by atoms with E-state index in [1.165, 1.54) is 37.8 Å². The van der Waals surface area contributed by atoms with Crippen molar-refractivity contribution in [3.63, 3.8) is 0 Å². The zero-order chi connectivity index (χ0) is 11.8. The maximum absolute atomic E-state index is 4.13. The number of rotatable bonds is 8. The van der Waals surface area contributed by atoms with Crippen molar-refractivity contribution in [2.24, 2.45) is 7.05 Å². The molecule has 3 nitrogen and oxygen atoms in total. The van der Waals surface area contributed by atoms with Gasteiger partial charge in [-0.3, -0.25) is 0 Å². The Hall–Kier alpha value is -0.830. The number of nitrogens with one attached hydrogen (secondary N) is 1. The standard InChI is InChI=1S/C13H25N3/c1-4-6-8-12(7-5-2)15-10-13-9-14-11-16(13)3/h9,11-12,15H,4-8,10H2,1-3H3. The van der Waals surface area contributed by atoms with Crippen LogP contribution < -0.4 is 5.32 Å². The van der Waals surface area contributed by atoms with Crippen LogP contribution in [0.4, 0.5) is 0 Å². The third kappa shape index (κ3) is 4.35. The lowest BCUT2D eigenvalue weighted by Gasteiger charge is -2.17. The Labute approximate surface area is 99.3 Å². The van der Waals surface area contributed by atoms with Gasteiger partial charge in [0.15, 0.2) is 0 Å². The van der Waals surface area contributed by atoms with E-state index in [0.29, 0.717) is 6.04 Å². The minimum absolute atomic E-state index is 0.667. The van der Waals surface area contributed by atoms with Gasteiger partial charge in [0.1, 0.15) is 0 Å². The molecule has 1 aromatic rings. The molecular formula is C13H25N3. The largest absolute Gasteiger partial charge is 0.337 e. The van der Waals surface area contributed by atoms with Crippen molar-refractivity contribution in [2.45, 2.75) is 58.5 Å². The van der Waals surface area contributed by atoms with Crippen molar-refractivity contribution in [1.82, 2.24) is 14.9 Å². The van der Waals surface area contributed by atoms with E-state index in [1.54, 1.807) is 0 Å². The monoisotopic (exact) mass is 223 g/mol. The van der Waals surface area contributed by atoms with Gasteiger partial charge in [0.2, 0.25) is 0 Å². The van der Waals surface area contributed by atoms with Crippen LogP contribution in [0, 0.1) is 0 Å². The summed E-state index contributed by atoms with van der Waals surface area (Å²) in [5.74, 6) is 0. The Kier molecular flexibility index (Phi) is 6.16. The zero-order valence-electron chi connectivity index (χ0n) is 10.9. The van der Waals surface area contributed by atoms with Gasteiger partial charge in [-0.2, -0.15) is 0 Å². The lowest BCUT2D eigenvalue weighted by molar-refractivity contribution is 0.429. The molecule has 3 heteroatoms. The van der Waals surface area contributed by atoms with Crippen molar-refractivity contribution in [3.05, 3.63) is 18.2 Å². The molecule has 1 N–H and O–H groups in total. The second-order valence-corrected chi connectivity index (χ2v) is 4.50. The molecule has 1 rings (SSSR count). The highest BCUT2D eigenvalue weighted by Crippen LogP contribution is 2.08. The first-order valence-corrected chi connectivity index (χ1v) is 6.46. The summed E-state index contributed by atoms with van der Waals surface area (Å²) in [6.45, 7) is 5.44. The quantitative estimate of drug-likeness (QED) is 0.734. The lowest BCUT2D eigenvalue weighted by atomic mass is 10.1. The summed E-state index contributed by atoms with van der Waals surface area (Å²) in [4.78, 5) is 4.13. The highest BCUT2D eigenvalue weighted by molar-refractivity contribution is 4.97. The summed E-state index contributed by atoms with van der Waals surface area (Å²) in [7, 11) is 2.05. The number of hydrogen-bond donors (Lipinski definition) is 1. The van der Waals surface area contributed by atoms with Crippen LogP contribution in [0.1, 0.15) is 51.6 Å². The molecule has 0 radical (unpaired) electrons. The third-order valence-corrected chi connectivity index (χ3v) is 3.03. The lowest BCUT2D eigenvalue weighted by Crippen LogP contribution is -2.29. The van der Waals surface area contributed by atoms with Gasteiger partial charge in [-0.1, -0.05) is 33.1 Å². The summed E-state index contributed by atoms with van der Waals surface area (Å²) in [6.07, 6.45) is 10.2. The molecule has 0 saturated heterocycles. The maximum atomic E-state index is 4.13. The van der Waals surface area contributed by atoms with Gasteiger partial charge in [-0.15, -0.1) is 0 Å². The molecule has 0 spiro atoms. The van der Waals surface area contributed by atoms with Gasteiger partial charge in [0, 0.05) is 25.8 Å². The minimum Gasteiger partial charge on any atom is -0.337 e. The van der Waals surface area contributed by atoms with Gasteiger partial charge < -0.3 is 9.88 Å². The van der Waals surface area contributed by atoms with E-state index in [1.807, 2.05) is 19.6 Å². The Morgan fingerprint density at radius 3 is 2.69 bits per heavy atom. The van der Waals surface area contributed by atoms with Crippen LogP contribution in [-0.4, -0.2) is 15.6 Å². The molecule has 0 aromatic carbocycles. The van der Waals surface area contributed by atoms with E-state index in [-0.39, 0.29) is 0 Å². The second kappa shape index (κ2) is 7.44. The fourth-order valence-corrected chi connectivity index (χ4v) is 1.95. The molecule has 0 aliphatic carbocycles. The van der Waals surface area contributed by atoms with Crippen LogP contribution in [0.3, 0.4) is 0 Å². The smallest absolute Gasteiger partial charge is 0.0945 e. The Bertz CT molecular complexity index is 280. The van der Waals surface area contributed by atoms with Crippen LogP contribution in [-0.2, 0) is 13.6 Å². The SMILES string of the molecule is CCCCC(CCC)NCc1cncn1C. The molecule has 0 amide bonds. The molecule has 16 heavy (non-hydrogen) atoms. The molecule has 1 aromatic heterocycles. The van der Waals surface area contributed by atoms with Gasteiger partial charge in [0.05, 0.1) is 12.0 Å². The van der Waals surface area contributed by atoms with E-state index >= 15 is 0 Å². The summed E-state index contributed by atoms with van der Waals surface area (Å²) in [5.41, 5.74) is 1.26. The minimum atomic E-state index is 0.667. The molecule has 1 unspecified atom stereocenters. The highest BCUT2D eigenvalue weighted by atomic mass is 15.0. The van der Waals surface area contributed by atoms with Crippen LogP contribution in [0.5, 0.6) is 0 Å². The van der Waals surface area contributed by atoms with E-state index in [0.717, 1.165) is 6.54 Å². The summed E-state index contributed by atoms with van der Waals surface area (Å²) < 4.78 is 2.08. The number of unbranched alkanes of at least 4 members (excludes halogenated alkanes) is 1. The predicted octanol–water partition coefficient (Wildman–Crippen LogP) is 2.87. The third-order valence-electron chi connectivity index (χ3n) is 3.03. The molecular weight excluding hydrogens is 198 g/mol. The molecule has 1 atom stereocenters. The van der Waals surface area contributed by atoms with E-state index in [9.17, 15) is 0 Å². The van der Waals surface area contributed by atoms with Gasteiger partial charge in [0.25, 0.3) is 0 Å². The molecule has 0 bridgehead atoms. The second-order valence-electron chi connectivity index (χ2n) is 4.50. The molecule has 0 aliphatic rings. The molecule has 0 fully saturated rings. The molecule has 0 aliphatic heterocycles. The topological polar surface area (TPSA) is 29.9 Å². The van der Waals surface area contributed by atoms with E-state index in [2.05, 4.69) is 28.7 Å². The molecule has 0 saturated carbocycles. The zero-order valence-corrected chi connectivity index (χ0v) is 10.9. The van der Waals surface area contributed by atoms with Crippen LogP contribution in [0.15, 0.2) is 12.5 Å². The van der Waals surface area contributed by atoms with Crippen molar-refractivity contribution in [2.75, 3.05) is 0 Å². The maximum Gasteiger partial charge on any atom is 0.0945 e. The Morgan fingerprint density at radius 1 is 1.31 bits per heavy atom. The summed E-state index contributed by atoms with van der Waals surface area (Å²) in [6, 6.07) is 0.667. The first kappa shape index (κ1) is 13.2. The average Bonchev–Trinajstić information content (AvgIpc) is 2.68. The van der Waals surface area contributed by atoms with Crippen molar-refractivity contribution < 1.29 is 0 Å². The summed E-state index contributed by atoms with van der Waals surface area (Å²) in [5, 5.41) is 3.64. The predicted molar refractivity (Wildman–Crippen MR) is 68.3 cm³/mol. The van der Waals surface area contributed by atoms with Gasteiger partial charge in [-0.05, 0) is 12.8 Å². The first-order chi connectivity index (χ1) is 7.77. The summed E-state index contributed by atoms with van der Waals surface area (Å²) >= 11 is 0. The number of aromatic nitrogens is 2. The number of aryl methyl sites for hydroxylation is 1. The fourth-order valence-electron chi connectivity index (χ4n) is 1.95.